The van der Waals surface area contributed by atoms with E-state index < -0.39 is 0 Å². The highest BCUT2D eigenvalue weighted by Crippen LogP contribution is 2.10. The summed E-state index contributed by atoms with van der Waals surface area (Å²) in [6, 6.07) is 7.58. The fourth-order valence-electron chi connectivity index (χ4n) is 0.765. The van der Waals surface area contributed by atoms with E-state index in [1.807, 2.05) is 45.0 Å². The standard InChI is InChI=1S/C9H10O2.C2H6/c1-8-2-4-9(5-3-8)11-7-6-10;1-2/h2-6H,7H2,1H3;1-2H3. The van der Waals surface area contributed by atoms with E-state index in [0.29, 0.717) is 0 Å². The van der Waals surface area contributed by atoms with Crippen molar-refractivity contribution in [3.8, 4) is 5.75 Å². The molecular weight excluding hydrogens is 164 g/mol. The normalized spacial score (nSPS) is 8.23. The molecule has 0 aromatic heterocycles. The monoisotopic (exact) mass is 180 g/mol. The molecular formula is C11H16O2. The van der Waals surface area contributed by atoms with Gasteiger partial charge in [0.1, 0.15) is 12.4 Å². The molecule has 0 aliphatic rings. The number of benzene rings is 1. The topological polar surface area (TPSA) is 26.3 Å². The van der Waals surface area contributed by atoms with Gasteiger partial charge in [0.25, 0.3) is 0 Å². The molecule has 2 nitrogen and oxygen atoms in total. The second kappa shape index (κ2) is 7.35. The van der Waals surface area contributed by atoms with Gasteiger partial charge in [-0.25, -0.2) is 0 Å². The second-order valence-corrected chi connectivity index (χ2v) is 2.29. The molecule has 13 heavy (non-hydrogen) atoms. The maximum atomic E-state index is 9.92. The van der Waals surface area contributed by atoms with Gasteiger partial charge in [0, 0.05) is 0 Å². The van der Waals surface area contributed by atoms with Gasteiger partial charge < -0.3 is 4.74 Å². The van der Waals surface area contributed by atoms with E-state index in [9.17, 15) is 4.79 Å². The van der Waals surface area contributed by atoms with Gasteiger partial charge in [-0.2, -0.15) is 0 Å². The summed E-state index contributed by atoms with van der Waals surface area (Å²) in [6.45, 7) is 6.13. The Morgan fingerprint density at radius 2 is 1.77 bits per heavy atom. The highest BCUT2D eigenvalue weighted by molar-refractivity contribution is 5.51. The Morgan fingerprint density at radius 1 is 1.23 bits per heavy atom. The van der Waals surface area contributed by atoms with Crippen molar-refractivity contribution in [2.75, 3.05) is 6.61 Å². The van der Waals surface area contributed by atoms with Crippen LogP contribution < -0.4 is 4.74 Å². The summed E-state index contributed by atoms with van der Waals surface area (Å²) in [5, 5.41) is 0. The second-order valence-electron chi connectivity index (χ2n) is 2.29. The number of aldehydes is 1. The molecule has 1 aromatic carbocycles. The molecule has 72 valence electrons. The largest absolute Gasteiger partial charge is 0.486 e. The smallest absolute Gasteiger partial charge is 0.157 e. The van der Waals surface area contributed by atoms with E-state index in [1.54, 1.807) is 0 Å². The lowest BCUT2D eigenvalue weighted by molar-refractivity contribution is -0.109. The van der Waals surface area contributed by atoms with Gasteiger partial charge in [-0.1, -0.05) is 31.5 Å². The lowest BCUT2D eigenvalue weighted by Crippen LogP contribution is -1.96. The molecule has 1 aromatic rings. The van der Waals surface area contributed by atoms with Crippen LogP contribution in [-0.4, -0.2) is 12.9 Å². The van der Waals surface area contributed by atoms with Crippen LogP contribution in [0.5, 0.6) is 5.75 Å². The minimum atomic E-state index is 0.128. The van der Waals surface area contributed by atoms with Crippen molar-refractivity contribution < 1.29 is 9.53 Å². The maximum Gasteiger partial charge on any atom is 0.157 e. The third kappa shape index (κ3) is 5.01. The lowest BCUT2D eigenvalue weighted by atomic mass is 10.2. The van der Waals surface area contributed by atoms with E-state index in [2.05, 4.69) is 0 Å². The third-order valence-corrected chi connectivity index (χ3v) is 1.34. The van der Waals surface area contributed by atoms with Crippen molar-refractivity contribution >= 4 is 6.29 Å². The van der Waals surface area contributed by atoms with Gasteiger partial charge in [0.2, 0.25) is 0 Å². The zero-order chi connectivity index (χ0) is 10.1. The maximum absolute atomic E-state index is 9.92. The third-order valence-electron chi connectivity index (χ3n) is 1.34. The van der Waals surface area contributed by atoms with Crippen LogP contribution in [0.3, 0.4) is 0 Å². The molecule has 0 unspecified atom stereocenters. The van der Waals surface area contributed by atoms with Gasteiger partial charge in [0.05, 0.1) is 0 Å². The molecule has 0 aliphatic carbocycles. The molecule has 0 spiro atoms. The van der Waals surface area contributed by atoms with Gasteiger partial charge in [0.15, 0.2) is 6.29 Å². The minimum Gasteiger partial charge on any atom is -0.486 e. The van der Waals surface area contributed by atoms with Crippen LogP contribution in [0, 0.1) is 6.92 Å². The summed E-state index contributed by atoms with van der Waals surface area (Å²) in [7, 11) is 0. The molecule has 0 amide bonds. The summed E-state index contributed by atoms with van der Waals surface area (Å²) in [4.78, 5) is 9.92. The molecule has 2 heteroatoms. The number of carbonyl (C=O) groups excluding carboxylic acids is 1. The fourth-order valence-corrected chi connectivity index (χ4v) is 0.765. The van der Waals surface area contributed by atoms with Crippen LogP contribution in [0.2, 0.25) is 0 Å². The van der Waals surface area contributed by atoms with Crippen molar-refractivity contribution in [2.45, 2.75) is 20.8 Å². The first-order chi connectivity index (χ1) is 6.33. The first kappa shape index (κ1) is 11.7. The first-order valence-electron chi connectivity index (χ1n) is 4.46. The van der Waals surface area contributed by atoms with Gasteiger partial charge in [-0.3, -0.25) is 4.79 Å². The molecule has 0 heterocycles. The Hall–Kier alpha value is -1.31. The van der Waals surface area contributed by atoms with Crippen molar-refractivity contribution in [3.63, 3.8) is 0 Å². The molecule has 0 saturated carbocycles. The summed E-state index contributed by atoms with van der Waals surface area (Å²) in [6.07, 6.45) is 0.736. The lowest BCUT2D eigenvalue weighted by Gasteiger charge is -2.00. The predicted octanol–water partition coefficient (Wildman–Crippen LogP) is 2.60. The molecule has 0 fully saturated rings. The van der Waals surface area contributed by atoms with Gasteiger partial charge >= 0.3 is 0 Å². The Balaban J connectivity index is 0.000000671. The zero-order valence-corrected chi connectivity index (χ0v) is 8.41. The van der Waals surface area contributed by atoms with Crippen molar-refractivity contribution in [2.24, 2.45) is 0 Å². The van der Waals surface area contributed by atoms with E-state index in [0.717, 1.165) is 12.0 Å². The van der Waals surface area contributed by atoms with Crippen LogP contribution in [-0.2, 0) is 4.79 Å². The predicted molar refractivity (Wildman–Crippen MR) is 54.1 cm³/mol. The van der Waals surface area contributed by atoms with Crippen molar-refractivity contribution in [1.29, 1.82) is 0 Å². The number of aryl methyl sites for hydroxylation is 1. The van der Waals surface area contributed by atoms with Crippen LogP contribution in [0.4, 0.5) is 0 Å². The van der Waals surface area contributed by atoms with E-state index in [1.165, 1.54) is 5.56 Å². The minimum absolute atomic E-state index is 0.128. The van der Waals surface area contributed by atoms with E-state index in [-0.39, 0.29) is 6.61 Å². The Morgan fingerprint density at radius 3 is 2.23 bits per heavy atom. The Labute approximate surface area is 79.5 Å². The summed E-state index contributed by atoms with van der Waals surface area (Å²) in [5.74, 6) is 0.739. The van der Waals surface area contributed by atoms with Crippen molar-refractivity contribution in [3.05, 3.63) is 29.8 Å². The SMILES string of the molecule is CC.Cc1ccc(OCC=O)cc1. The fraction of sp³-hybridized carbons (Fsp3) is 0.364. The quantitative estimate of drug-likeness (QED) is 0.668. The summed E-state index contributed by atoms with van der Waals surface area (Å²) < 4.78 is 5.04. The number of rotatable bonds is 3. The number of hydrogen-bond acceptors (Lipinski definition) is 2. The summed E-state index contributed by atoms with van der Waals surface area (Å²) in [5.41, 5.74) is 1.18. The van der Waals surface area contributed by atoms with Gasteiger partial charge in [-0.15, -0.1) is 0 Å². The average Bonchev–Trinajstić information content (AvgIpc) is 2.20. The molecule has 0 radical (unpaired) electrons. The highest BCUT2D eigenvalue weighted by atomic mass is 16.5. The molecule has 0 bridgehead atoms. The summed E-state index contributed by atoms with van der Waals surface area (Å²) >= 11 is 0. The average molecular weight is 180 g/mol. The van der Waals surface area contributed by atoms with Crippen LogP contribution >= 0.6 is 0 Å². The van der Waals surface area contributed by atoms with Crippen LogP contribution in [0.1, 0.15) is 19.4 Å². The molecule has 0 atom stereocenters. The highest BCUT2D eigenvalue weighted by Gasteiger charge is 1.89. The first-order valence-corrected chi connectivity index (χ1v) is 4.46. The number of ether oxygens (including phenoxy) is 1. The number of hydrogen-bond donors (Lipinski definition) is 0. The zero-order valence-electron chi connectivity index (χ0n) is 8.41. The van der Waals surface area contributed by atoms with Crippen molar-refractivity contribution in [1.82, 2.24) is 0 Å². The van der Waals surface area contributed by atoms with E-state index in [4.69, 9.17) is 4.74 Å². The molecule has 0 saturated heterocycles. The number of carbonyl (C=O) groups is 1. The Kier molecular flexibility index (Phi) is 6.60. The Bertz CT molecular complexity index is 226. The molecule has 1 rings (SSSR count). The van der Waals surface area contributed by atoms with Crippen LogP contribution in [0.25, 0.3) is 0 Å². The van der Waals surface area contributed by atoms with Gasteiger partial charge in [-0.05, 0) is 19.1 Å². The molecule has 0 aliphatic heterocycles. The van der Waals surface area contributed by atoms with Crippen LogP contribution in [0.15, 0.2) is 24.3 Å². The van der Waals surface area contributed by atoms with E-state index >= 15 is 0 Å². The molecule has 0 N–H and O–H groups in total.